The summed E-state index contributed by atoms with van der Waals surface area (Å²) in [6, 6.07) is 9.87. The summed E-state index contributed by atoms with van der Waals surface area (Å²) in [7, 11) is 0. The number of hydrogen-bond donors (Lipinski definition) is 27. The van der Waals surface area contributed by atoms with Gasteiger partial charge in [0.1, 0.15) is 78.5 Å². The Bertz CT molecular complexity index is 4560. The van der Waals surface area contributed by atoms with Gasteiger partial charge < -0.3 is 133 Å². The quantitative estimate of drug-likeness (QED) is 0.0127. The van der Waals surface area contributed by atoms with Gasteiger partial charge in [-0.2, -0.15) is 25.3 Å². The second-order valence-electron chi connectivity index (χ2n) is 29.6. The number of carboxylic acid groups (broad SMARTS) is 1. The van der Waals surface area contributed by atoms with Gasteiger partial charge in [0, 0.05) is 54.3 Å². The molecule has 0 saturated heterocycles. The molecule has 45 heteroatoms. The number of primary amides is 1. The van der Waals surface area contributed by atoms with Gasteiger partial charge in [-0.1, -0.05) is 109 Å². The number of nitrogens with one attached hydrogen (secondary N) is 17. The molecular weight excluding hydrogens is 1700 g/mol. The Morgan fingerprint density at radius 2 is 0.724 bits per heavy atom. The average molecular weight is 1810 g/mol. The van der Waals surface area contributed by atoms with Crippen molar-refractivity contribution in [3.05, 3.63) is 144 Å². The highest BCUT2D eigenvalue weighted by Crippen LogP contribution is 2.21. The van der Waals surface area contributed by atoms with E-state index in [2.05, 4.69) is 115 Å². The molecule has 5 rings (SSSR count). The van der Waals surface area contributed by atoms with Gasteiger partial charge in [-0.05, 0) is 101 Å². The maximum absolute atomic E-state index is 15.4. The third-order valence-corrected chi connectivity index (χ3v) is 20.3. The second-order valence-corrected chi connectivity index (χ2v) is 30.4. The first-order chi connectivity index (χ1) is 60.5. The molecule has 0 aliphatic rings. The van der Waals surface area contributed by atoms with Crippen LogP contribution in [0.5, 0.6) is 0 Å². The molecule has 0 saturated carbocycles. The Labute approximate surface area is 741 Å². The number of carbonyl (C=O) groups is 18. The number of hydrogen-bond acceptors (Lipinski definition) is 26. The number of para-hydroxylation sites is 1. The Morgan fingerprint density at radius 3 is 1.17 bits per heavy atom. The predicted molar refractivity (Wildman–Crippen MR) is 467 cm³/mol. The highest BCUT2D eigenvalue weighted by molar-refractivity contribution is 7.80. The van der Waals surface area contributed by atoms with Gasteiger partial charge in [-0.15, -0.1) is 0 Å². The molecule has 0 radical (unpaired) electrons. The van der Waals surface area contributed by atoms with Crippen LogP contribution in [0.2, 0.25) is 0 Å². The van der Waals surface area contributed by atoms with Gasteiger partial charge in [0.2, 0.25) is 100 Å². The minimum Gasteiger partial charge on any atom is -0.480 e. The number of amides is 17. The number of rotatable bonds is 56. The predicted octanol–water partition coefficient (Wildman–Crippen LogP) is -8.10. The summed E-state index contributed by atoms with van der Waals surface area (Å²) < 4.78 is 0. The van der Waals surface area contributed by atoms with Crippen LogP contribution in [-0.4, -0.2) is 280 Å². The normalized spacial score (nSPS) is 14.6. The fourth-order valence-corrected chi connectivity index (χ4v) is 13.1. The number of aromatic amines is 1. The van der Waals surface area contributed by atoms with Crippen LogP contribution in [0.25, 0.3) is 10.9 Å². The standard InChI is InChI=1S/C82H115N21O22S2/c1-44(91-66(110)39-89-65(109)38-88-64(108)36-85)70(112)90-40-67(111)92-61(42-126)79(121)94-53(27-15-17-29-83)71(113)98-59(35-63(86)107)76(118)96-55(31-47-19-7-4-8-20-47)73(115)95-56(32-48-21-9-5-10-22-48)74(116)97-58(34-50-37-87-52-26-14-13-25-51(50)52)75(117)93-54(28-16-18-30-84)72(114)102-68(45(2)105)80(122)99-57(33-49-23-11-6-12-24-49)77(119)103-69(46(3)106)81(123)100-60(41-104)78(120)101-62(43-127)82(124)125/h4-14,19-26,37,44-46,53-62,68-69,87,104-106,126-127H,15-18,27-36,38-43,83-85H2,1-3H3,(H2,86,107)(H,88,108)(H,89,109)(H,90,112)(H,91,110)(H,92,111)(H,93,117)(H,94,121)(H,95,115)(H,96,118)(H,97,116)(H,98,113)(H,99,122)(H,100,123)(H,101,120)(H,102,114)(H,103,119)(H,124,125)/t44-,45?,46?,53-,54-,55-,56-,57-,58-,59-,60-,61-,62-,68-,69-/m0/s1. The molecule has 43 nitrogen and oxygen atoms in total. The summed E-state index contributed by atoms with van der Waals surface area (Å²) in [5.74, 6) is -19.3. The number of H-pyrrole nitrogens is 1. The number of aliphatic hydroxyl groups excluding tert-OH is 3. The molecule has 0 spiro atoms. The maximum atomic E-state index is 15.4. The summed E-state index contributed by atoms with van der Waals surface area (Å²) in [4.78, 5) is 249. The first-order valence-corrected chi connectivity index (χ1v) is 42.0. The molecule has 29 N–H and O–H groups in total. The van der Waals surface area contributed by atoms with Gasteiger partial charge in [0.15, 0.2) is 0 Å². The zero-order valence-corrected chi connectivity index (χ0v) is 72.0. The van der Waals surface area contributed by atoms with Crippen molar-refractivity contribution in [2.45, 2.75) is 182 Å². The lowest BCUT2D eigenvalue weighted by atomic mass is 10.00. The number of fused-ring (bicyclic) bond motifs is 1. The number of thiol groups is 2. The zero-order valence-electron chi connectivity index (χ0n) is 70.2. The lowest BCUT2D eigenvalue weighted by molar-refractivity contribution is -0.142. The SMILES string of the molecule is CC(O)[C@H](NC(=O)[C@H](Cc1ccccc1)NC(=O)[C@@H](NC(=O)[C@H](CCCCN)NC(=O)[C@H](Cc1c[nH]c2ccccc12)NC(=O)[C@H](Cc1ccccc1)NC(=O)[C@H](Cc1ccccc1)NC(=O)[C@H](CC(N)=O)NC(=O)[C@H](CCCCN)NC(=O)[C@H](CS)NC(=O)CNC(=O)[C@H](C)NC(=O)CNC(=O)CNC(=O)CN)C(C)O)C(=O)N[C@@H](CO)C(=O)N[C@@H](CS)C(=O)O. The first-order valence-electron chi connectivity index (χ1n) is 40.7. The zero-order chi connectivity index (χ0) is 93.8. The molecule has 17 amide bonds. The van der Waals surface area contributed by atoms with E-state index in [1.54, 1.807) is 121 Å². The molecule has 0 fully saturated rings. The highest BCUT2D eigenvalue weighted by Gasteiger charge is 2.40. The van der Waals surface area contributed by atoms with Crippen molar-refractivity contribution in [3.63, 3.8) is 0 Å². The summed E-state index contributed by atoms with van der Waals surface area (Å²) in [5.41, 5.74) is 25.0. The lowest BCUT2D eigenvalue weighted by Gasteiger charge is -2.29. The van der Waals surface area contributed by atoms with E-state index in [-0.39, 0.29) is 88.9 Å². The van der Waals surface area contributed by atoms with Gasteiger partial charge in [0.25, 0.3) is 0 Å². The fraction of sp³-hybridized carbons (Fsp3) is 0.463. The maximum Gasteiger partial charge on any atom is 0.327 e. The number of aliphatic hydroxyl groups is 3. The minimum atomic E-state index is -1.93. The molecule has 692 valence electrons. The van der Waals surface area contributed by atoms with Crippen LogP contribution in [0.4, 0.5) is 0 Å². The highest BCUT2D eigenvalue weighted by atomic mass is 32.1. The van der Waals surface area contributed by atoms with E-state index >= 15 is 14.4 Å². The Hall–Kier alpha value is -12.7. The second kappa shape index (κ2) is 55.0. The van der Waals surface area contributed by atoms with Crippen LogP contribution in [0.3, 0.4) is 0 Å². The lowest BCUT2D eigenvalue weighted by Crippen LogP contribution is -2.63. The molecule has 5 aromatic rings. The molecule has 0 aliphatic carbocycles. The summed E-state index contributed by atoms with van der Waals surface area (Å²) in [5, 5.41) is 81.0. The third-order valence-electron chi connectivity index (χ3n) is 19.5. The van der Waals surface area contributed by atoms with Crippen LogP contribution in [0.15, 0.2) is 121 Å². The van der Waals surface area contributed by atoms with Crippen LogP contribution in [-0.2, 0) is 112 Å². The number of nitrogens with two attached hydrogens (primary N) is 4. The van der Waals surface area contributed by atoms with Crippen LogP contribution in [0, 0.1) is 0 Å². The molecule has 0 aliphatic heterocycles. The first kappa shape index (κ1) is 105. The molecule has 1 heterocycles. The van der Waals surface area contributed by atoms with E-state index in [1.807, 2.05) is 0 Å². The number of benzene rings is 4. The Balaban J connectivity index is 1.42. The fourth-order valence-electron chi connectivity index (χ4n) is 12.6. The van der Waals surface area contributed by atoms with Crippen molar-refractivity contribution in [1.82, 2.24) is 90.1 Å². The van der Waals surface area contributed by atoms with E-state index in [9.17, 15) is 92.3 Å². The van der Waals surface area contributed by atoms with Crippen LogP contribution < -0.4 is 108 Å². The topological polar surface area (TPSA) is 701 Å². The van der Waals surface area contributed by atoms with E-state index < -0.39 is 230 Å². The molecule has 4 aromatic carbocycles. The van der Waals surface area contributed by atoms with Crippen molar-refractivity contribution >= 4 is 143 Å². The molecule has 2 unspecified atom stereocenters. The van der Waals surface area contributed by atoms with E-state index in [1.165, 1.54) is 6.92 Å². The molecule has 1 aromatic heterocycles. The number of unbranched alkanes of at least 4 members (excludes halogenated alkanes) is 2. The van der Waals surface area contributed by atoms with Crippen molar-refractivity contribution < 1.29 is 107 Å². The van der Waals surface area contributed by atoms with Crippen molar-refractivity contribution in [3.8, 4) is 0 Å². The van der Waals surface area contributed by atoms with Crippen LogP contribution >= 0.6 is 25.3 Å². The van der Waals surface area contributed by atoms with E-state index in [0.29, 0.717) is 39.6 Å². The van der Waals surface area contributed by atoms with E-state index in [4.69, 9.17) is 22.9 Å². The molecular formula is C82H115N21O22S2. The van der Waals surface area contributed by atoms with Crippen molar-refractivity contribution in [1.29, 1.82) is 0 Å². The minimum absolute atomic E-state index is 0.109. The Morgan fingerprint density at radius 1 is 0.370 bits per heavy atom. The molecule has 15 atom stereocenters. The van der Waals surface area contributed by atoms with Crippen LogP contribution in [0.1, 0.15) is 88.0 Å². The van der Waals surface area contributed by atoms with Gasteiger partial charge in [-0.25, -0.2) is 4.79 Å². The smallest absolute Gasteiger partial charge is 0.327 e. The van der Waals surface area contributed by atoms with Gasteiger partial charge in [-0.3, -0.25) is 81.5 Å². The van der Waals surface area contributed by atoms with Gasteiger partial charge in [0.05, 0.1) is 51.4 Å². The summed E-state index contributed by atoms with van der Waals surface area (Å²) >= 11 is 8.10. The van der Waals surface area contributed by atoms with Crippen molar-refractivity contribution in [2.24, 2.45) is 22.9 Å². The van der Waals surface area contributed by atoms with Crippen molar-refractivity contribution in [2.75, 3.05) is 57.4 Å². The van der Waals surface area contributed by atoms with E-state index in [0.717, 1.165) is 13.8 Å². The number of aromatic nitrogens is 1. The third kappa shape index (κ3) is 36.4. The summed E-state index contributed by atoms with van der Waals surface area (Å²) in [6.07, 6.45) is -3.42. The van der Waals surface area contributed by atoms with Gasteiger partial charge >= 0.3 is 5.97 Å². The Kier molecular flexibility index (Phi) is 45.4. The number of aliphatic carboxylic acids is 1. The monoisotopic (exact) mass is 1810 g/mol. The summed E-state index contributed by atoms with van der Waals surface area (Å²) in [6.45, 7) is 0.515. The number of carbonyl (C=O) groups excluding carboxylic acids is 17. The molecule has 0 bridgehead atoms. The molecule has 127 heavy (non-hydrogen) atoms. The average Bonchev–Trinajstić information content (AvgIpc) is 1.70. The largest absolute Gasteiger partial charge is 0.480 e. The number of carboxylic acids is 1.